The van der Waals surface area contributed by atoms with E-state index in [4.69, 9.17) is 4.98 Å². The maximum Gasteiger partial charge on any atom is 0.263 e. The number of carbonyl (C=O) groups excluding carboxylic acids is 1. The summed E-state index contributed by atoms with van der Waals surface area (Å²) < 4.78 is 1.13. The van der Waals surface area contributed by atoms with Gasteiger partial charge in [0.2, 0.25) is 0 Å². The molecule has 6 nitrogen and oxygen atoms in total. The van der Waals surface area contributed by atoms with Gasteiger partial charge in [0, 0.05) is 53.2 Å². The van der Waals surface area contributed by atoms with Gasteiger partial charge in [-0.2, -0.15) is 0 Å². The van der Waals surface area contributed by atoms with Gasteiger partial charge in [-0.05, 0) is 44.7 Å². The van der Waals surface area contributed by atoms with E-state index in [2.05, 4.69) is 51.7 Å². The number of nitrogens with zero attached hydrogens (tertiary/aromatic N) is 3. The smallest absolute Gasteiger partial charge is 0.263 e. The van der Waals surface area contributed by atoms with Crippen LogP contribution < -0.4 is 15.5 Å². The first-order valence-electron chi connectivity index (χ1n) is 9.96. The molecule has 3 aliphatic heterocycles. The topological polar surface area (TPSA) is 60.5 Å². The average Bonchev–Trinajstić information content (AvgIpc) is 3.34. The number of piperazine rings is 1. The molecule has 1 aromatic carbocycles. The summed E-state index contributed by atoms with van der Waals surface area (Å²) in [5.41, 5.74) is 1.96. The lowest BCUT2D eigenvalue weighted by atomic mass is 10.1. The van der Waals surface area contributed by atoms with Crippen LogP contribution >= 0.6 is 11.3 Å². The molecule has 2 fully saturated rings. The molecule has 3 atom stereocenters. The third-order valence-electron chi connectivity index (χ3n) is 6.48. The van der Waals surface area contributed by atoms with E-state index in [1.807, 2.05) is 6.92 Å². The number of thiophene rings is 1. The fraction of sp³-hybridized carbons (Fsp3) is 0.429. The summed E-state index contributed by atoms with van der Waals surface area (Å²) in [5.74, 6) is 1.09. The highest BCUT2D eigenvalue weighted by Gasteiger charge is 2.42. The van der Waals surface area contributed by atoms with E-state index in [-0.39, 0.29) is 11.9 Å². The van der Waals surface area contributed by atoms with Gasteiger partial charge in [0.1, 0.15) is 10.7 Å². The SMILES string of the molecule is C[C@@H]1CNc2c(sc3ccc4nc(N5C[C@H]6C[C@@H]5CN6C)ccc4c23)C(=O)N1. The number of fused-ring (bicyclic) bond motifs is 7. The lowest BCUT2D eigenvalue weighted by Crippen LogP contribution is -2.44. The zero-order chi connectivity index (χ0) is 19.0. The second-order valence-electron chi connectivity index (χ2n) is 8.37. The van der Waals surface area contributed by atoms with E-state index in [1.165, 1.54) is 6.42 Å². The maximum absolute atomic E-state index is 12.6. The van der Waals surface area contributed by atoms with Gasteiger partial charge in [-0.3, -0.25) is 9.69 Å². The van der Waals surface area contributed by atoms with Crippen LogP contribution in [0.1, 0.15) is 23.0 Å². The molecule has 2 N–H and O–H groups in total. The van der Waals surface area contributed by atoms with Crippen molar-refractivity contribution in [2.24, 2.45) is 0 Å². The predicted octanol–water partition coefficient (Wildman–Crippen LogP) is 2.89. The fourth-order valence-electron chi connectivity index (χ4n) is 5.02. The lowest BCUT2D eigenvalue weighted by Gasteiger charge is -2.32. The minimum atomic E-state index is 0.0173. The third kappa shape index (κ3) is 2.29. The monoisotopic (exact) mass is 393 g/mol. The molecule has 0 unspecified atom stereocenters. The summed E-state index contributed by atoms with van der Waals surface area (Å²) in [6, 6.07) is 9.90. The molecule has 2 aromatic heterocycles. The van der Waals surface area contributed by atoms with Crippen molar-refractivity contribution in [1.29, 1.82) is 0 Å². The Morgan fingerprint density at radius 2 is 2.07 bits per heavy atom. The Balaban J connectivity index is 1.47. The van der Waals surface area contributed by atoms with E-state index in [0.717, 1.165) is 57.0 Å². The molecular weight excluding hydrogens is 370 g/mol. The van der Waals surface area contributed by atoms with Gasteiger partial charge in [-0.25, -0.2) is 4.98 Å². The summed E-state index contributed by atoms with van der Waals surface area (Å²) in [5, 5.41) is 8.80. The van der Waals surface area contributed by atoms with Crippen molar-refractivity contribution in [1.82, 2.24) is 15.2 Å². The highest BCUT2D eigenvalue weighted by atomic mass is 32.1. The maximum atomic E-state index is 12.6. The fourth-order valence-corrected chi connectivity index (χ4v) is 6.12. The van der Waals surface area contributed by atoms with Gasteiger partial charge < -0.3 is 15.5 Å². The number of anilines is 2. The average molecular weight is 394 g/mol. The van der Waals surface area contributed by atoms with Crippen LogP contribution in [0.2, 0.25) is 0 Å². The van der Waals surface area contributed by atoms with E-state index < -0.39 is 0 Å². The van der Waals surface area contributed by atoms with Crippen LogP contribution in [0.25, 0.3) is 21.0 Å². The van der Waals surface area contributed by atoms with Crippen LogP contribution in [0, 0.1) is 0 Å². The number of carbonyl (C=O) groups is 1. The summed E-state index contributed by atoms with van der Waals surface area (Å²) in [7, 11) is 2.22. The number of benzene rings is 1. The van der Waals surface area contributed by atoms with E-state index in [1.54, 1.807) is 11.3 Å². The molecule has 0 aliphatic carbocycles. The molecule has 0 saturated carbocycles. The minimum Gasteiger partial charge on any atom is -0.381 e. The standard InChI is InChI=1S/C21H23N5OS/c1-11-8-22-19-18-14-3-6-17(26-10-12-7-13(26)9-25(12)2)24-15(14)4-5-16(18)28-20(19)21(27)23-11/h3-6,11-13,22H,7-10H2,1-2H3,(H,23,27)/t11-,12-,13-/m1/s1. The number of pyridine rings is 1. The van der Waals surface area contributed by atoms with Crippen LogP contribution in [0.4, 0.5) is 11.5 Å². The van der Waals surface area contributed by atoms with Crippen LogP contribution in [0.15, 0.2) is 24.3 Å². The molecule has 6 rings (SSSR count). The van der Waals surface area contributed by atoms with Crippen LogP contribution in [0.5, 0.6) is 0 Å². The molecule has 0 radical (unpaired) electrons. The number of rotatable bonds is 1. The molecule has 144 valence electrons. The summed E-state index contributed by atoms with van der Waals surface area (Å²) in [4.78, 5) is 23.3. The number of hydrogen-bond donors (Lipinski definition) is 2. The van der Waals surface area contributed by atoms with Crippen molar-refractivity contribution in [3.8, 4) is 0 Å². The van der Waals surface area contributed by atoms with Crippen molar-refractivity contribution >= 4 is 49.7 Å². The summed E-state index contributed by atoms with van der Waals surface area (Å²) >= 11 is 1.56. The Bertz CT molecular complexity index is 1120. The molecule has 28 heavy (non-hydrogen) atoms. The number of hydrogen-bond acceptors (Lipinski definition) is 6. The largest absolute Gasteiger partial charge is 0.381 e. The van der Waals surface area contributed by atoms with Crippen LogP contribution in [-0.2, 0) is 0 Å². The second-order valence-corrected chi connectivity index (χ2v) is 9.42. The highest BCUT2D eigenvalue weighted by molar-refractivity contribution is 7.21. The Morgan fingerprint density at radius 1 is 1.18 bits per heavy atom. The van der Waals surface area contributed by atoms with Crippen molar-refractivity contribution < 1.29 is 4.79 Å². The van der Waals surface area contributed by atoms with Gasteiger partial charge in [-0.1, -0.05) is 0 Å². The number of amides is 1. The molecule has 3 aliphatic rings. The molecule has 1 amide bonds. The van der Waals surface area contributed by atoms with Crippen molar-refractivity contribution in [2.75, 3.05) is 36.9 Å². The normalized spacial score (nSPS) is 27.1. The molecule has 2 bridgehead atoms. The molecule has 3 aromatic rings. The Kier molecular flexibility index (Phi) is 3.44. The van der Waals surface area contributed by atoms with Crippen molar-refractivity contribution in [3.63, 3.8) is 0 Å². The number of aromatic nitrogens is 1. The van der Waals surface area contributed by atoms with Gasteiger partial charge in [-0.15, -0.1) is 11.3 Å². The highest BCUT2D eigenvalue weighted by Crippen LogP contribution is 2.41. The Morgan fingerprint density at radius 3 is 2.86 bits per heavy atom. The zero-order valence-electron chi connectivity index (χ0n) is 16.0. The lowest BCUT2D eigenvalue weighted by molar-refractivity contribution is 0.0949. The van der Waals surface area contributed by atoms with Gasteiger partial charge in [0.25, 0.3) is 5.91 Å². The summed E-state index contributed by atoms with van der Waals surface area (Å²) in [6.07, 6.45) is 1.24. The first kappa shape index (κ1) is 16.6. The van der Waals surface area contributed by atoms with Crippen molar-refractivity contribution in [3.05, 3.63) is 29.1 Å². The molecule has 0 spiro atoms. The Labute approximate surface area is 167 Å². The Hall–Kier alpha value is -2.38. The van der Waals surface area contributed by atoms with E-state index >= 15 is 0 Å². The van der Waals surface area contributed by atoms with Crippen LogP contribution in [0.3, 0.4) is 0 Å². The minimum absolute atomic E-state index is 0.0173. The van der Waals surface area contributed by atoms with Crippen molar-refractivity contribution in [2.45, 2.75) is 31.5 Å². The molecular formula is C21H23N5OS. The molecule has 7 heteroatoms. The molecule has 2 saturated heterocycles. The number of likely N-dealkylation sites (N-methyl/N-ethyl adjacent to an activating group) is 1. The third-order valence-corrected chi connectivity index (χ3v) is 7.64. The van der Waals surface area contributed by atoms with Crippen LogP contribution in [-0.4, -0.2) is 60.6 Å². The molecule has 5 heterocycles. The van der Waals surface area contributed by atoms with Gasteiger partial charge in [0.15, 0.2) is 0 Å². The number of likely N-dealkylation sites (tertiary alicyclic amines) is 1. The van der Waals surface area contributed by atoms with Gasteiger partial charge in [0.05, 0.1) is 11.2 Å². The quantitative estimate of drug-likeness (QED) is 0.666. The second kappa shape index (κ2) is 5.81. The first-order valence-corrected chi connectivity index (χ1v) is 10.8. The number of nitrogens with one attached hydrogen (secondary N) is 2. The zero-order valence-corrected chi connectivity index (χ0v) is 16.8. The summed E-state index contributed by atoms with van der Waals surface area (Å²) in [6.45, 7) is 4.95. The van der Waals surface area contributed by atoms with E-state index in [9.17, 15) is 4.79 Å². The predicted molar refractivity (Wildman–Crippen MR) is 115 cm³/mol. The van der Waals surface area contributed by atoms with Gasteiger partial charge >= 0.3 is 0 Å². The van der Waals surface area contributed by atoms with E-state index in [0.29, 0.717) is 12.1 Å². The first-order chi connectivity index (χ1) is 13.6.